The number of hydroxylamine groups is 1. The van der Waals surface area contributed by atoms with E-state index in [0.29, 0.717) is 19.7 Å². The van der Waals surface area contributed by atoms with Crippen molar-refractivity contribution in [3.63, 3.8) is 0 Å². The Bertz CT molecular complexity index is 245. The van der Waals surface area contributed by atoms with Gasteiger partial charge in [-0.1, -0.05) is 6.42 Å². The predicted octanol–water partition coefficient (Wildman–Crippen LogP) is 0.522. The minimum Gasteiger partial charge on any atom is -0.379 e. The average molecular weight is 347 g/mol. The number of nitrogens with zero attached hydrogens (tertiary/aromatic N) is 1. The van der Waals surface area contributed by atoms with Crippen molar-refractivity contribution in [2.75, 3.05) is 52.5 Å². The molecule has 1 heterocycles. The Morgan fingerprint density at radius 1 is 1.19 bits per heavy atom. The molecule has 1 rings (SSSR count). The van der Waals surface area contributed by atoms with Crippen LogP contribution in [0.1, 0.15) is 19.3 Å². The fourth-order valence-corrected chi connectivity index (χ4v) is 1.80. The van der Waals surface area contributed by atoms with Crippen LogP contribution in [-0.4, -0.2) is 63.5 Å². The molecule has 1 aliphatic rings. The van der Waals surface area contributed by atoms with Crippen molar-refractivity contribution in [3.8, 4) is 0 Å². The Balaban J connectivity index is 0. The lowest BCUT2D eigenvalue weighted by Crippen LogP contribution is -2.41. The molecule has 0 radical (unpaired) electrons. The number of amides is 2. The molecule has 0 aromatic heterocycles. The van der Waals surface area contributed by atoms with E-state index in [2.05, 4.69) is 15.7 Å². The van der Waals surface area contributed by atoms with Crippen LogP contribution in [0.5, 0.6) is 0 Å². The van der Waals surface area contributed by atoms with Gasteiger partial charge in [0.2, 0.25) is 0 Å². The highest BCUT2D eigenvalue weighted by Crippen LogP contribution is 1.95. The van der Waals surface area contributed by atoms with E-state index < -0.39 is 0 Å². The molecule has 21 heavy (non-hydrogen) atoms. The van der Waals surface area contributed by atoms with Crippen LogP contribution in [0.4, 0.5) is 4.79 Å². The zero-order chi connectivity index (χ0) is 13.8. The van der Waals surface area contributed by atoms with E-state index in [4.69, 9.17) is 15.3 Å². The number of carbonyl (C=O) groups excluding carboxylic acids is 1. The molecule has 1 fully saturated rings. The van der Waals surface area contributed by atoms with Crippen molar-refractivity contribution in [1.29, 1.82) is 0 Å². The molecule has 4 N–H and O–H groups in total. The molecule has 0 bridgehead atoms. The lowest BCUT2D eigenvalue weighted by atomic mass is 10.2. The molecular weight excluding hydrogens is 319 g/mol. The van der Waals surface area contributed by atoms with E-state index in [-0.39, 0.29) is 30.8 Å². The summed E-state index contributed by atoms with van der Waals surface area (Å²) in [6, 6.07) is -0.283. The largest absolute Gasteiger partial charge is 0.379 e. The number of morpholine rings is 1. The second-order valence-corrected chi connectivity index (χ2v) is 4.51. The van der Waals surface area contributed by atoms with Gasteiger partial charge in [0.1, 0.15) is 0 Å². The maximum atomic E-state index is 11.3. The summed E-state index contributed by atoms with van der Waals surface area (Å²) in [6.07, 6.45) is 2.98. The van der Waals surface area contributed by atoms with Gasteiger partial charge in [0.05, 0.1) is 19.8 Å². The fraction of sp³-hybridized carbons (Fsp3) is 0.917. The summed E-state index contributed by atoms with van der Waals surface area (Å²) in [4.78, 5) is 18.7. The number of urea groups is 1. The minimum atomic E-state index is -0.283. The number of hydrogen-bond donors (Lipinski definition) is 3. The first kappa shape index (κ1) is 23.0. The Labute approximate surface area is 139 Å². The van der Waals surface area contributed by atoms with Crippen molar-refractivity contribution in [3.05, 3.63) is 0 Å². The number of unbranched alkanes of at least 4 members (excludes halogenated alkanes) is 2. The number of hydrogen-bond acceptors (Lipinski definition) is 5. The van der Waals surface area contributed by atoms with Gasteiger partial charge in [-0.3, -0.25) is 9.74 Å². The van der Waals surface area contributed by atoms with E-state index in [1.165, 1.54) is 0 Å². The van der Waals surface area contributed by atoms with Crippen LogP contribution >= 0.6 is 24.8 Å². The highest BCUT2D eigenvalue weighted by Gasteiger charge is 2.09. The van der Waals surface area contributed by atoms with Gasteiger partial charge in [0.15, 0.2) is 0 Å². The first-order valence-electron chi connectivity index (χ1n) is 6.98. The van der Waals surface area contributed by atoms with Gasteiger partial charge in [-0.15, -0.1) is 24.8 Å². The van der Waals surface area contributed by atoms with Gasteiger partial charge in [-0.25, -0.2) is 10.3 Å². The number of rotatable bonds is 9. The summed E-state index contributed by atoms with van der Waals surface area (Å²) in [7, 11) is 0. The van der Waals surface area contributed by atoms with Crippen LogP contribution in [0, 0.1) is 0 Å². The van der Waals surface area contributed by atoms with Crippen molar-refractivity contribution in [1.82, 2.24) is 15.7 Å². The van der Waals surface area contributed by atoms with Gasteiger partial charge in [-0.05, 0) is 19.4 Å². The maximum absolute atomic E-state index is 11.3. The molecule has 0 unspecified atom stereocenters. The van der Waals surface area contributed by atoms with Gasteiger partial charge >= 0.3 is 6.03 Å². The molecule has 2 amide bonds. The zero-order valence-corrected chi connectivity index (χ0v) is 14.0. The third-order valence-electron chi connectivity index (χ3n) is 2.94. The molecule has 0 spiro atoms. The fourth-order valence-electron chi connectivity index (χ4n) is 1.80. The zero-order valence-electron chi connectivity index (χ0n) is 12.3. The van der Waals surface area contributed by atoms with Crippen LogP contribution in [0.25, 0.3) is 0 Å². The molecule has 0 atom stereocenters. The monoisotopic (exact) mass is 346 g/mol. The van der Waals surface area contributed by atoms with E-state index in [9.17, 15) is 4.79 Å². The highest BCUT2D eigenvalue weighted by molar-refractivity contribution is 5.85. The van der Waals surface area contributed by atoms with E-state index in [0.717, 1.165) is 52.1 Å². The average Bonchev–Trinajstić information content (AvgIpc) is 2.44. The second kappa shape index (κ2) is 16.1. The van der Waals surface area contributed by atoms with Crippen molar-refractivity contribution >= 4 is 30.8 Å². The third kappa shape index (κ3) is 13.1. The summed E-state index contributed by atoms with van der Waals surface area (Å²) >= 11 is 0. The third-order valence-corrected chi connectivity index (χ3v) is 2.94. The second-order valence-electron chi connectivity index (χ2n) is 4.51. The SMILES string of the molecule is Cl.Cl.NCCCCCNC(=O)NOCCN1CCOCC1. The quantitative estimate of drug-likeness (QED) is 0.418. The Kier molecular flexibility index (Phi) is 17.6. The van der Waals surface area contributed by atoms with Gasteiger partial charge in [-0.2, -0.15) is 0 Å². The first-order valence-corrected chi connectivity index (χ1v) is 6.98. The molecule has 0 aromatic rings. The molecule has 7 nitrogen and oxygen atoms in total. The highest BCUT2D eigenvalue weighted by atomic mass is 35.5. The molecule has 0 aromatic carbocycles. The molecule has 1 aliphatic heterocycles. The molecule has 0 aliphatic carbocycles. The minimum absolute atomic E-state index is 0. The summed E-state index contributed by atoms with van der Waals surface area (Å²) in [6.45, 7) is 6.05. The predicted molar refractivity (Wildman–Crippen MR) is 87.1 cm³/mol. The maximum Gasteiger partial charge on any atom is 0.338 e. The Hall–Kier alpha value is -0.310. The normalized spacial score (nSPS) is 14.7. The van der Waals surface area contributed by atoms with E-state index >= 15 is 0 Å². The number of nitrogens with one attached hydrogen (secondary N) is 2. The lowest BCUT2D eigenvalue weighted by Gasteiger charge is -2.26. The molecule has 0 saturated carbocycles. The van der Waals surface area contributed by atoms with Crippen molar-refractivity contribution < 1.29 is 14.4 Å². The van der Waals surface area contributed by atoms with Gasteiger partial charge in [0, 0.05) is 26.2 Å². The summed E-state index contributed by atoms with van der Waals surface area (Å²) in [5.41, 5.74) is 7.76. The first-order chi connectivity index (χ1) is 9.33. The summed E-state index contributed by atoms with van der Waals surface area (Å²) in [5, 5.41) is 2.73. The summed E-state index contributed by atoms with van der Waals surface area (Å²) < 4.78 is 5.25. The Morgan fingerprint density at radius 2 is 1.90 bits per heavy atom. The molecule has 9 heteroatoms. The summed E-state index contributed by atoms with van der Waals surface area (Å²) in [5.74, 6) is 0. The number of nitrogens with two attached hydrogens (primary N) is 1. The lowest BCUT2D eigenvalue weighted by molar-refractivity contribution is 0.00502. The topological polar surface area (TPSA) is 88.8 Å². The Morgan fingerprint density at radius 3 is 2.57 bits per heavy atom. The van der Waals surface area contributed by atoms with Gasteiger partial charge < -0.3 is 15.8 Å². The molecular formula is C12H28Cl2N4O3. The van der Waals surface area contributed by atoms with E-state index in [1.54, 1.807) is 0 Å². The van der Waals surface area contributed by atoms with Crippen LogP contribution < -0.4 is 16.5 Å². The van der Waals surface area contributed by atoms with Crippen LogP contribution in [0.3, 0.4) is 0 Å². The number of ether oxygens (including phenoxy) is 1. The standard InChI is InChI=1S/C12H26N4O3.2ClH/c13-4-2-1-3-5-14-12(17)15-19-11-8-16-6-9-18-10-7-16;;/h1-11,13H2,(H2,14,15,17);2*1H. The van der Waals surface area contributed by atoms with Crippen molar-refractivity contribution in [2.45, 2.75) is 19.3 Å². The molecule has 128 valence electrons. The van der Waals surface area contributed by atoms with Crippen LogP contribution in [0.15, 0.2) is 0 Å². The van der Waals surface area contributed by atoms with Crippen molar-refractivity contribution in [2.24, 2.45) is 5.73 Å². The smallest absolute Gasteiger partial charge is 0.338 e. The van der Waals surface area contributed by atoms with E-state index in [1.807, 2.05) is 0 Å². The molecule has 1 saturated heterocycles. The van der Waals surface area contributed by atoms with Crippen LogP contribution in [0.2, 0.25) is 0 Å². The van der Waals surface area contributed by atoms with Crippen LogP contribution in [-0.2, 0) is 9.57 Å². The number of carbonyl (C=O) groups is 1. The van der Waals surface area contributed by atoms with Gasteiger partial charge in [0.25, 0.3) is 0 Å². The number of halogens is 2.